The smallest absolute Gasteiger partial charge is 0.320 e. The topological polar surface area (TPSA) is 88.2 Å². The summed E-state index contributed by atoms with van der Waals surface area (Å²) in [5.41, 5.74) is 8.73. The molecule has 1 aromatic heterocycles. The summed E-state index contributed by atoms with van der Waals surface area (Å²) in [6.45, 7) is 1.51. The number of nitrogens with one attached hydrogen (secondary N) is 1. The third kappa shape index (κ3) is 4.98. The van der Waals surface area contributed by atoms with Crippen LogP contribution in [0, 0.1) is 0 Å². The molecule has 0 aliphatic carbocycles. The van der Waals surface area contributed by atoms with Crippen molar-refractivity contribution in [3.8, 4) is 0 Å². The molecule has 0 spiro atoms. The second-order valence-corrected chi connectivity index (χ2v) is 4.93. The number of rotatable bonds is 7. The van der Waals surface area contributed by atoms with Gasteiger partial charge in [-0.15, -0.1) is 0 Å². The number of carbonyl (C=O) groups is 1. The van der Waals surface area contributed by atoms with E-state index in [4.69, 9.17) is 10.8 Å². The zero-order valence-electron chi connectivity index (χ0n) is 11.7. The Morgan fingerprint density at radius 1 is 1.14 bits per heavy atom. The van der Waals surface area contributed by atoms with Crippen LogP contribution in [0.1, 0.15) is 16.7 Å². The van der Waals surface area contributed by atoms with Gasteiger partial charge in [-0.1, -0.05) is 30.3 Å². The summed E-state index contributed by atoms with van der Waals surface area (Å²) in [5.74, 6) is -0.975. The summed E-state index contributed by atoms with van der Waals surface area (Å²) in [6, 6.07) is 10.9. The number of aromatic nitrogens is 1. The van der Waals surface area contributed by atoms with Crippen LogP contribution in [0.15, 0.2) is 48.8 Å². The average Bonchev–Trinajstić information content (AvgIpc) is 2.50. The van der Waals surface area contributed by atoms with Gasteiger partial charge in [0.25, 0.3) is 0 Å². The number of aliphatic carboxylic acids is 1. The maximum Gasteiger partial charge on any atom is 0.320 e. The Morgan fingerprint density at radius 3 is 2.43 bits per heavy atom. The number of nitrogens with zero attached hydrogens (tertiary/aromatic N) is 1. The van der Waals surface area contributed by atoms with E-state index < -0.39 is 12.0 Å². The number of hydrogen-bond acceptors (Lipinski definition) is 4. The van der Waals surface area contributed by atoms with E-state index in [9.17, 15) is 4.79 Å². The fourth-order valence-corrected chi connectivity index (χ4v) is 1.99. The summed E-state index contributed by atoms with van der Waals surface area (Å²) in [5, 5.41) is 12.1. The van der Waals surface area contributed by atoms with E-state index in [0.717, 1.165) is 29.8 Å². The third-order valence-electron chi connectivity index (χ3n) is 3.18. The summed E-state index contributed by atoms with van der Waals surface area (Å²) in [7, 11) is 0. The molecule has 1 heterocycles. The molecule has 0 saturated carbocycles. The predicted molar refractivity (Wildman–Crippen MR) is 80.5 cm³/mol. The molecule has 0 saturated heterocycles. The van der Waals surface area contributed by atoms with Crippen molar-refractivity contribution in [2.24, 2.45) is 5.73 Å². The molecule has 0 bridgehead atoms. The van der Waals surface area contributed by atoms with Crippen molar-refractivity contribution in [2.45, 2.75) is 25.6 Å². The predicted octanol–water partition coefficient (Wildman–Crippen LogP) is 1.33. The quantitative estimate of drug-likeness (QED) is 0.714. The van der Waals surface area contributed by atoms with Crippen molar-refractivity contribution in [1.82, 2.24) is 10.3 Å². The van der Waals surface area contributed by atoms with E-state index in [1.165, 1.54) is 0 Å². The highest BCUT2D eigenvalue weighted by atomic mass is 16.4. The fourth-order valence-electron chi connectivity index (χ4n) is 1.99. The lowest BCUT2D eigenvalue weighted by Crippen LogP contribution is -2.32. The minimum atomic E-state index is -0.975. The maximum atomic E-state index is 10.7. The van der Waals surface area contributed by atoms with Crippen LogP contribution in [0.4, 0.5) is 0 Å². The number of hydrogen-bond donors (Lipinski definition) is 3. The van der Waals surface area contributed by atoms with Gasteiger partial charge in [-0.3, -0.25) is 9.78 Å². The largest absolute Gasteiger partial charge is 0.480 e. The SMILES string of the molecule is N[C@@H](Cc1ccc(CNCc2cccnc2)cc1)C(=O)O. The van der Waals surface area contributed by atoms with Crippen LogP contribution in [0.2, 0.25) is 0 Å². The van der Waals surface area contributed by atoms with Gasteiger partial charge in [0.15, 0.2) is 0 Å². The molecule has 4 N–H and O–H groups in total. The number of carboxylic acids is 1. The van der Waals surface area contributed by atoms with E-state index >= 15 is 0 Å². The fraction of sp³-hybridized carbons (Fsp3) is 0.250. The van der Waals surface area contributed by atoms with Crippen LogP contribution in [-0.4, -0.2) is 22.1 Å². The van der Waals surface area contributed by atoms with E-state index in [1.807, 2.05) is 42.6 Å². The van der Waals surface area contributed by atoms with Gasteiger partial charge in [0.2, 0.25) is 0 Å². The van der Waals surface area contributed by atoms with Crippen molar-refractivity contribution in [1.29, 1.82) is 0 Å². The lowest BCUT2D eigenvalue weighted by molar-refractivity contribution is -0.138. The maximum absolute atomic E-state index is 10.7. The highest BCUT2D eigenvalue weighted by molar-refractivity contribution is 5.73. The molecule has 110 valence electrons. The van der Waals surface area contributed by atoms with Crippen molar-refractivity contribution in [3.63, 3.8) is 0 Å². The van der Waals surface area contributed by atoms with Crippen LogP contribution < -0.4 is 11.1 Å². The van der Waals surface area contributed by atoms with E-state index in [-0.39, 0.29) is 0 Å². The first-order chi connectivity index (χ1) is 10.1. The minimum absolute atomic E-state index is 0.346. The van der Waals surface area contributed by atoms with Gasteiger partial charge < -0.3 is 16.2 Å². The average molecular weight is 285 g/mol. The Bertz CT molecular complexity index is 570. The van der Waals surface area contributed by atoms with Gasteiger partial charge in [-0.05, 0) is 29.2 Å². The molecule has 1 atom stereocenters. The second kappa shape index (κ2) is 7.52. The zero-order valence-corrected chi connectivity index (χ0v) is 11.7. The lowest BCUT2D eigenvalue weighted by atomic mass is 10.0. The number of carboxylic acid groups (broad SMARTS) is 1. The highest BCUT2D eigenvalue weighted by Crippen LogP contribution is 2.07. The Labute approximate surface area is 123 Å². The first-order valence-electron chi connectivity index (χ1n) is 6.81. The van der Waals surface area contributed by atoms with E-state index in [0.29, 0.717) is 6.42 Å². The first kappa shape index (κ1) is 15.2. The molecule has 0 unspecified atom stereocenters. The Morgan fingerprint density at radius 2 is 1.81 bits per heavy atom. The summed E-state index contributed by atoms with van der Waals surface area (Å²) >= 11 is 0. The van der Waals surface area contributed by atoms with Crippen LogP contribution in [0.5, 0.6) is 0 Å². The monoisotopic (exact) mass is 285 g/mol. The van der Waals surface area contributed by atoms with Crippen molar-refractivity contribution < 1.29 is 9.90 Å². The molecule has 0 radical (unpaired) electrons. The Hall–Kier alpha value is -2.24. The van der Waals surface area contributed by atoms with Gasteiger partial charge in [0, 0.05) is 25.5 Å². The molecule has 0 amide bonds. The van der Waals surface area contributed by atoms with Gasteiger partial charge in [-0.2, -0.15) is 0 Å². The Balaban J connectivity index is 1.81. The second-order valence-electron chi connectivity index (χ2n) is 4.93. The molecule has 2 rings (SSSR count). The van der Waals surface area contributed by atoms with Gasteiger partial charge in [-0.25, -0.2) is 0 Å². The third-order valence-corrected chi connectivity index (χ3v) is 3.18. The number of benzene rings is 1. The summed E-state index contributed by atoms with van der Waals surface area (Å²) < 4.78 is 0. The normalized spacial score (nSPS) is 12.0. The molecule has 2 aromatic rings. The van der Waals surface area contributed by atoms with Crippen molar-refractivity contribution >= 4 is 5.97 Å². The van der Waals surface area contributed by atoms with Crippen LogP contribution in [-0.2, 0) is 24.3 Å². The van der Waals surface area contributed by atoms with E-state index in [1.54, 1.807) is 6.20 Å². The highest BCUT2D eigenvalue weighted by Gasteiger charge is 2.11. The molecule has 0 aliphatic rings. The van der Waals surface area contributed by atoms with Crippen LogP contribution in [0.3, 0.4) is 0 Å². The standard InChI is InChI=1S/C16H19N3O2/c17-15(16(20)21)8-12-3-5-13(6-4-12)9-19-11-14-2-1-7-18-10-14/h1-7,10,15,19H,8-9,11,17H2,(H,20,21)/t15-/m0/s1. The van der Waals surface area contributed by atoms with Crippen LogP contribution >= 0.6 is 0 Å². The first-order valence-corrected chi connectivity index (χ1v) is 6.81. The number of nitrogens with two attached hydrogens (primary N) is 1. The Kier molecular flexibility index (Phi) is 5.43. The zero-order chi connectivity index (χ0) is 15.1. The van der Waals surface area contributed by atoms with Crippen molar-refractivity contribution in [2.75, 3.05) is 0 Å². The molecule has 0 aliphatic heterocycles. The molecule has 1 aromatic carbocycles. The van der Waals surface area contributed by atoms with Crippen LogP contribution in [0.25, 0.3) is 0 Å². The van der Waals surface area contributed by atoms with E-state index in [2.05, 4.69) is 10.3 Å². The molecule has 5 heteroatoms. The van der Waals surface area contributed by atoms with Crippen molar-refractivity contribution in [3.05, 3.63) is 65.5 Å². The number of pyridine rings is 1. The molecular formula is C16H19N3O2. The molecule has 21 heavy (non-hydrogen) atoms. The minimum Gasteiger partial charge on any atom is -0.480 e. The lowest BCUT2D eigenvalue weighted by Gasteiger charge is -2.08. The van der Waals surface area contributed by atoms with Gasteiger partial charge in [0.1, 0.15) is 6.04 Å². The molecule has 0 fully saturated rings. The van der Waals surface area contributed by atoms with Gasteiger partial charge in [0.05, 0.1) is 0 Å². The molecule has 5 nitrogen and oxygen atoms in total. The summed E-state index contributed by atoms with van der Waals surface area (Å²) in [4.78, 5) is 14.8. The van der Waals surface area contributed by atoms with Gasteiger partial charge >= 0.3 is 5.97 Å². The summed E-state index contributed by atoms with van der Waals surface area (Å²) in [6.07, 6.45) is 3.94. The molecular weight excluding hydrogens is 266 g/mol.